The van der Waals surface area contributed by atoms with Crippen molar-refractivity contribution in [2.45, 2.75) is 13.1 Å². The number of nitrogens with one attached hydrogen (secondary N) is 1. The zero-order valence-electron chi connectivity index (χ0n) is 19.4. The highest BCUT2D eigenvalue weighted by molar-refractivity contribution is 6.14. The van der Waals surface area contributed by atoms with Gasteiger partial charge in [-0.25, -0.2) is 14.0 Å². The zero-order valence-corrected chi connectivity index (χ0v) is 19.4. The number of nitrogens with zero attached hydrogens (tertiary/aromatic N) is 2. The Morgan fingerprint density at radius 3 is 2.53 bits per heavy atom. The molecule has 0 bridgehead atoms. The fraction of sp³-hybridized carbons (Fsp3) is 0.107. The number of benzene rings is 3. The fourth-order valence-corrected chi connectivity index (χ4v) is 4.28. The summed E-state index contributed by atoms with van der Waals surface area (Å²) in [5, 5.41) is 3.56. The number of carbonyl (C=O) groups excluding carboxylic acids is 3. The van der Waals surface area contributed by atoms with Crippen LogP contribution in [0.15, 0.2) is 84.7 Å². The average Bonchev–Trinajstić information content (AvgIpc) is 3.36. The molecule has 36 heavy (non-hydrogen) atoms. The van der Waals surface area contributed by atoms with Gasteiger partial charge in [0.1, 0.15) is 11.5 Å². The summed E-state index contributed by atoms with van der Waals surface area (Å²) in [4.78, 5) is 38.5. The Morgan fingerprint density at radius 1 is 0.972 bits per heavy atom. The molecular formula is C28H22FN3O4. The molecule has 0 aliphatic carbocycles. The number of aromatic nitrogens is 1. The first-order chi connectivity index (χ1) is 17.4. The van der Waals surface area contributed by atoms with E-state index in [-0.39, 0.29) is 18.1 Å². The smallest absolute Gasteiger partial charge is 0.337 e. The van der Waals surface area contributed by atoms with Crippen LogP contribution in [-0.4, -0.2) is 34.5 Å². The van der Waals surface area contributed by atoms with Crippen LogP contribution in [0, 0.1) is 5.82 Å². The Morgan fingerprint density at radius 2 is 1.75 bits per heavy atom. The molecule has 1 aromatic heterocycles. The van der Waals surface area contributed by atoms with E-state index in [1.54, 1.807) is 36.4 Å². The Balaban J connectivity index is 1.44. The second kappa shape index (κ2) is 9.50. The molecule has 2 heterocycles. The van der Waals surface area contributed by atoms with Gasteiger partial charge in [0.25, 0.3) is 5.91 Å². The number of rotatable bonds is 6. The number of carbonyl (C=O) groups is 3. The van der Waals surface area contributed by atoms with E-state index in [2.05, 4.69) is 5.32 Å². The molecule has 5 rings (SSSR count). The Hall–Kier alpha value is -4.72. The summed E-state index contributed by atoms with van der Waals surface area (Å²) in [7, 11) is 1.35. The van der Waals surface area contributed by atoms with Gasteiger partial charge in [-0.1, -0.05) is 42.5 Å². The molecule has 3 aromatic carbocycles. The number of halogens is 1. The van der Waals surface area contributed by atoms with E-state index in [0.29, 0.717) is 17.7 Å². The maximum Gasteiger partial charge on any atom is 0.337 e. The SMILES string of the molecule is COC(=O)c1cccc(Cn2cc(/C=C3\NC(=O)N(Cc4ccc(F)cc4)C3=O)c3ccccc32)c1. The predicted molar refractivity (Wildman–Crippen MR) is 132 cm³/mol. The molecule has 8 heteroatoms. The molecular weight excluding hydrogens is 461 g/mol. The van der Waals surface area contributed by atoms with Crippen LogP contribution in [0.3, 0.4) is 0 Å². The van der Waals surface area contributed by atoms with Crippen LogP contribution in [0.4, 0.5) is 9.18 Å². The quantitative estimate of drug-likeness (QED) is 0.245. The molecule has 3 amide bonds. The number of fused-ring (bicyclic) bond motifs is 1. The van der Waals surface area contributed by atoms with Gasteiger partial charge in [0, 0.05) is 29.2 Å². The minimum Gasteiger partial charge on any atom is -0.465 e. The van der Waals surface area contributed by atoms with Crippen LogP contribution in [-0.2, 0) is 22.6 Å². The van der Waals surface area contributed by atoms with Gasteiger partial charge in [0.2, 0.25) is 0 Å². The molecule has 0 atom stereocenters. The van der Waals surface area contributed by atoms with Gasteiger partial charge in [0.05, 0.1) is 19.2 Å². The third-order valence-electron chi connectivity index (χ3n) is 6.04. The van der Waals surface area contributed by atoms with E-state index in [1.807, 2.05) is 41.1 Å². The maximum atomic E-state index is 13.2. The predicted octanol–water partition coefficient (Wildman–Crippen LogP) is 4.71. The normalized spacial score (nSPS) is 14.5. The fourth-order valence-electron chi connectivity index (χ4n) is 4.28. The molecule has 1 saturated heterocycles. The highest BCUT2D eigenvalue weighted by Gasteiger charge is 2.33. The second-order valence-corrected chi connectivity index (χ2v) is 8.43. The van der Waals surface area contributed by atoms with Crippen molar-refractivity contribution in [3.63, 3.8) is 0 Å². The largest absolute Gasteiger partial charge is 0.465 e. The van der Waals surface area contributed by atoms with Crippen molar-refractivity contribution in [2.24, 2.45) is 0 Å². The van der Waals surface area contributed by atoms with E-state index < -0.39 is 17.9 Å². The molecule has 0 unspecified atom stereocenters. The Bertz CT molecular complexity index is 1520. The van der Waals surface area contributed by atoms with Crippen molar-refractivity contribution < 1.29 is 23.5 Å². The third kappa shape index (κ3) is 4.48. The van der Waals surface area contributed by atoms with E-state index >= 15 is 0 Å². The van der Waals surface area contributed by atoms with Crippen LogP contribution < -0.4 is 5.32 Å². The molecule has 7 nitrogen and oxygen atoms in total. The van der Waals surface area contributed by atoms with E-state index in [0.717, 1.165) is 26.9 Å². The zero-order chi connectivity index (χ0) is 25.2. The number of imide groups is 1. The number of urea groups is 1. The molecule has 1 N–H and O–H groups in total. The van der Waals surface area contributed by atoms with Crippen molar-refractivity contribution in [3.8, 4) is 0 Å². The summed E-state index contributed by atoms with van der Waals surface area (Å²) in [5.74, 6) is -1.24. The van der Waals surface area contributed by atoms with Crippen LogP contribution in [0.5, 0.6) is 0 Å². The number of esters is 1. The van der Waals surface area contributed by atoms with Crippen LogP contribution in [0.2, 0.25) is 0 Å². The molecule has 1 aliphatic rings. The van der Waals surface area contributed by atoms with Crippen molar-refractivity contribution in [1.82, 2.24) is 14.8 Å². The highest BCUT2D eigenvalue weighted by atomic mass is 19.1. The van der Waals surface area contributed by atoms with E-state index in [9.17, 15) is 18.8 Å². The lowest BCUT2D eigenvalue weighted by molar-refractivity contribution is -0.123. The maximum absolute atomic E-state index is 13.2. The minimum absolute atomic E-state index is 0.0422. The van der Waals surface area contributed by atoms with Gasteiger partial charge < -0.3 is 14.6 Å². The van der Waals surface area contributed by atoms with Gasteiger partial charge in [-0.05, 0) is 47.5 Å². The molecule has 4 aromatic rings. The standard InChI is InChI=1S/C28H22FN3O4/c1-36-27(34)20-6-4-5-19(13-20)15-31-17-21(23-7-2-3-8-25(23)31)14-24-26(33)32(28(35)30-24)16-18-9-11-22(29)12-10-18/h2-14,17H,15-16H2,1H3,(H,30,35)/b24-14-. The lowest BCUT2D eigenvalue weighted by atomic mass is 10.1. The van der Waals surface area contributed by atoms with Gasteiger partial charge in [-0.15, -0.1) is 0 Å². The second-order valence-electron chi connectivity index (χ2n) is 8.43. The van der Waals surface area contributed by atoms with Crippen LogP contribution in [0.1, 0.15) is 27.0 Å². The van der Waals surface area contributed by atoms with E-state index in [1.165, 1.54) is 19.2 Å². The minimum atomic E-state index is -0.529. The third-order valence-corrected chi connectivity index (χ3v) is 6.04. The number of hydrogen-bond acceptors (Lipinski definition) is 4. The molecule has 1 aliphatic heterocycles. The molecule has 0 radical (unpaired) electrons. The Labute approximate surface area is 206 Å². The number of methoxy groups -OCH3 is 1. The van der Waals surface area contributed by atoms with Gasteiger partial charge in [0.15, 0.2) is 0 Å². The van der Waals surface area contributed by atoms with Crippen LogP contribution in [0.25, 0.3) is 17.0 Å². The summed E-state index contributed by atoms with van der Waals surface area (Å²) in [5.41, 5.74) is 3.89. The van der Waals surface area contributed by atoms with Gasteiger partial charge in [-0.2, -0.15) is 0 Å². The number of para-hydroxylation sites is 1. The molecule has 180 valence electrons. The lowest BCUT2D eigenvalue weighted by Crippen LogP contribution is -2.30. The van der Waals surface area contributed by atoms with Gasteiger partial charge in [-0.3, -0.25) is 9.69 Å². The van der Waals surface area contributed by atoms with E-state index in [4.69, 9.17) is 4.74 Å². The van der Waals surface area contributed by atoms with Crippen molar-refractivity contribution in [2.75, 3.05) is 7.11 Å². The van der Waals surface area contributed by atoms with Crippen molar-refractivity contribution in [1.29, 1.82) is 0 Å². The first-order valence-electron chi connectivity index (χ1n) is 11.3. The molecule has 1 fully saturated rings. The monoisotopic (exact) mass is 483 g/mol. The van der Waals surface area contributed by atoms with Crippen molar-refractivity contribution in [3.05, 3.63) is 113 Å². The summed E-state index contributed by atoms with van der Waals surface area (Å²) in [6, 6.07) is 20.1. The summed E-state index contributed by atoms with van der Waals surface area (Å²) < 4.78 is 20.0. The summed E-state index contributed by atoms with van der Waals surface area (Å²) in [6.07, 6.45) is 3.57. The Kier molecular flexibility index (Phi) is 6.08. The molecule has 0 saturated carbocycles. The molecule has 0 spiro atoms. The van der Waals surface area contributed by atoms with Crippen LogP contribution >= 0.6 is 0 Å². The summed E-state index contributed by atoms with van der Waals surface area (Å²) in [6.45, 7) is 0.534. The summed E-state index contributed by atoms with van der Waals surface area (Å²) >= 11 is 0. The average molecular weight is 483 g/mol. The number of hydrogen-bond donors (Lipinski definition) is 1. The number of amides is 3. The first kappa shape index (κ1) is 23.0. The first-order valence-corrected chi connectivity index (χ1v) is 11.3. The number of ether oxygens (including phenoxy) is 1. The highest BCUT2D eigenvalue weighted by Crippen LogP contribution is 2.26. The topological polar surface area (TPSA) is 80.6 Å². The van der Waals surface area contributed by atoms with Gasteiger partial charge >= 0.3 is 12.0 Å². The van der Waals surface area contributed by atoms with Crippen molar-refractivity contribution >= 4 is 34.9 Å². The lowest BCUT2D eigenvalue weighted by Gasteiger charge is -2.11.